The predicted molar refractivity (Wildman–Crippen MR) is 101 cm³/mol. The van der Waals surface area contributed by atoms with E-state index in [-0.39, 0.29) is 11.5 Å². The Balaban J connectivity index is 0.00000139. The summed E-state index contributed by atoms with van der Waals surface area (Å²) >= 11 is 5.96. The van der Waals surface area contributed by atoms with Crippen LogP contribution in [-0.2, 0) is 10.2 Å². The summed E-state index contributed by atoms with van der Waals surface area (Å²) < 4.78 is 5.44. The third-order valence-electron chi connectivity index (χ3n) is 4.22. The number of nitrogens with zero attached hydrogens (tertiary/aromatic N) is 1. The van der Waals surface area contributed by atoms with Crippen LogP contribution in [0.3, 0.4) is 0 Å². The normalized spacial score (nSPS) is 16.9. The zero-order valence-electron chi connectivity index (χ0n) is 15.6. The number of likely N-dealkylation sites (tertiary alicyclic amines) is 1. The van der Waals surface area contributed by atoms with Gasteiger partial charge in [0.05, 0.1) is 0 Å². The average molecular weight is 355 g/mol. The van der Waals surface area contributed by atoms with Crippen LogP contribution in [0.15, 0.2) is 24.3 Å². The van der Waals surface area contributed by atoms with Gasteiger partial charge in [-0.3, -0.25) is 0 Å². The van der Waals surface area contributed by atoms with Gasteiger partial charge in [0.2, 0.25) is 0 Å². The highest BCUT2D eigenvalue weighted by Crippen LogP contribution is 2.35. The number of amides is 1. The van der Waals surface area contributed by atoms with Crippen molar-refractivity contribution in [1.29, 1.82) is 0 Å². The number of hydrogen-bond donors (Lipinski definition) is 1. The maximum atomic E-state index is 12.1. The van der Waals surface area contributed by atoms with E-state index < -0.39 is 5.60 Å². The zero-order chi connectivity index (χ0) is 18.4. The number of rotatable bonds is 2. The smallest absolute Gasteiger partial charge is 0.410 e. The third-order valence-corrected chi connectivity index (χ3v) is 4.47. The number of hydrogen-bond acceptors (Lipinski definition) is 3. The first-order valence-corrected chi connectivity index (χ1v) is 9.08. The first-order chi connectivity index (χ1) is 11.3. The number of ether oxygens (including phenoxy) is 1. The average Bonchev–Trinajstić information content (AvgIpc) is 2.56. The van der Waals surface area contributed by atoms with Gasteiger partial charge < -0.3 is 15.4 Å². The molecular formula is C19H31ClN2O2. The van der Waals surface area contributed by atoms with Crippen molar-refractivity contribution in [2.24, 2.45) is 5.73 Å². The molecule has 0 aliphatic carbocycles. The molecule has 0 aromatic heterocycles. The van der Waals surface area contributed by atoms with E-state index >= 15 is 0 Å². The van der Waals surface area contributed by atoms with Gasteiger partial charge in [0, 0.05) is 30.1 Å². The van der Waals surface area contributed by atoms with Gasteiger partial charge in [-0.1, -0.05) is 37.6 Å². The summed E-state index contributed by atoms with van der Waals surface area (Å²) in [5, 5.41) is 0.724. The molecule has 0 saturated carbocycles. The minimum absolute atomic E-state index is 0.0803. The molecule has 2 N–H and O–H groups in total. The molecule has 2 rings (SSSR count). The Morgan fingerprint density at radius 2 is 1.71 bits per heavy atom. The van der Waals surface area contributed by atoms with Gasteiger partial charge in [0.1, 0.15) is 5.60 Å². The van der Waals surface area contributed by atoms with Crippen molar-refractivity contribution in [2.75, 3.05) is 19.6 Å². The summed E-state index contributed by atoms with van der Waals surface area (Å²) in [6.07, 6.45) is 1.43. The molecule has 4 nitrogen and oxygen atoms in total. The minimum atomic E-state index is -0.463. The largest absolute Gasteiger partial charge is 0.444 e. The zero-order valence-corrected chi connectivity index (χ0v) is 16.3. The van der Waals surface area contributed by atoms with Crippen molar-refractivity contribution in [3.05, 3.63) is 34.9 Å². The van der Waals surface area contributed by atoms with Crippen LogP contribution in [-0.4, -0.2) is 36.2 Å². The first kappa shape index (κ1) is 20.8. The fourth-order valence-corrected chi connectivity index (χ4v) is 2.98. The van der Waals surface area contributed by atoms with Crippen LogP contribution in [0.2, 0.25) is 5.02 Å². The Bertz CT molecular complexity index is 515. The van der Waals surface area contributed by atoms with E-state index in [1.54, 1.807) is 4.90 Å². The molecule has 24 heavy (non-hydrogen) atoms. The molecule has 1 aliphatic heterocycles. The molecule has 1 saturated heterocycles. The highest BCUT2D eigenvalue weighted by molar-refractivity contribution is 6.30. The summed E-state index contributed by atoms with van der Waals surface area (Å²) in [6.45, 7) is 11.5. The van der Waals surface area contributed by atoms with Gasteiger partial charge in [-0.2, -0.15) is 0 Å². The van der Waals surface area contributed by atoms with Gasteiger partial charge in [0.25, 0.3) is 0 Å². The standard InChI is InChI=1S/C17H25ClN2O2.C2H6/c1-16(2,3)22-15(21)20-10-8-17(12-19,9-11-20)13-4-6-14(18)7-5-13;1-2/h4-7H,8-12,19H2,1-3H3;1-2H3. The lowest BCUT2D eigenvalue weighted by Crippen LogP contribution is -2.49. The highest BCUT2D eigenvalue weighted by atomic mass is 35.5. The van der Waals surface area contributed by atoms with E-state index in [1.807, 2.05) is 58.9 Å². The van der Waals surface area contributed by atoms with Gasteiger partial charge in [-0.15, -0.1) is 0 Å². The summed E-state index contributed by atoms with van der Waals surface area (Å²) in [7, 11) is 0. The van der Waals surface area contributed by atoms with Crippen molar-refractivity contribution >= 4 is 17.7 Å². The summed E-state index contributed by atoms with van der Waals surface area (Å²) in [4.78, 5) is 13.9. The minimum Gasteiger partial charge on any atom is -0.444 e. The maximum absolute atomic E-state index is 12.1. The van der Waals surface area contributed by atoms with E-state index in [0.717, 1.165) is 17.9 Å². The Morgan fingerprint density at radius 3 is 2.12 bits per heavy atom. The molecule has 1 aromatic rings. The molecule has 1 heterocycles. The highest BCUT2D eigenvalue weighted by Gasteiger charge is 2.37. The molecule has 0 bridgehead atoms. The van der Waals surface area contributed by atoms with Crippen molar-refractivity contribution in [1.82, 2.24) is 4.90 Å². The number of nitrogens with two attached hydrogens (primary N) is 1. The fourth-order valence-electron chi connectivity index (χ4n) is 2.86. The van der Waals surface area contributed by atoms with Crippen LogP contribution in [0.4, 0.5) is 4.79 Å². The van der Waals surface area contributed by atoms with Crippen LogP contribution in [0.5, 0.6) is 0 Å². The molecule has 1 aliphatic rings. The lowest BCUT2D eigenvalue weighted by Gasteiger charge is -2.41. The fraction of sp³-hybridized carbons (Fsp3) is 0.632. The van der Waals surface area contributed by atoms with E-state index in [1.165, 1.54) is 5.56 Å². The molecule has 0 atom stereocenters. The molecule has 5 heteroatoms. The molecule has 1 fully saturated rings. The SMILES string of the molecule is CC.CC(C)(C)OC(=O)N1CCC(CN)(c2ccc(Cl)cc2)CC1. The monoisotopic (exact) mass is 354 g/mol. The summed E-state index contributed by atoms with van der Waals surface area (Å²) in [5.74, 6) is 0. The Hall–Kier alpha value is -1.26. The van der Waals surface area contributed by atoms with Gasteiger partial charge in [-0.05, 0) is 51.3 Å². The molecule has 1 amide bonds. The van der Waals surface area contributed by atoms with E-state index in [0.29, 0.717) is 19.6 Å². The molecule has 0 unspecified atom stereocenters. The van der Waals surface area contributed by atoms with Gasteiger partial charge >= 0.3 is 6.09 Å². The summed E-state index contributed by atoms with van der Waals surface area (Å²) in [6, 6.07) is 7.87. The van der Waals surface area contributed by atoms with Crippen LogP contribution in [0, 0.1) is 0 Å². The van der Waals surface area contributed by atoms with Gasteiger partial charge in [0.15, 0.2) is 0 Å². The van der Waals surface area contributed by atoms with Crippen molar-refractivity contribution in [3.63, 3.8) is 0 Å². The first-order valence-electron chi connectivity index (χ1n) is 8.70. The van der Waals surface area contributed by atoms with Gasteiger partial charge in [-0.25, -0.2) is 4.79 Å². The molecular weight excluding hydrogens is 324 g/mol. The van der Waals surface area contributed by atoms with Crippen LogP contribution >= 0.6 is 11.6 Å². The predicted octanol–water partition coefficient (Wildman–Crippen LogP) is 4.59. The van der Waals surface area contributed by atoms with E-state index in [4.69, 9.17) is 22.1 Å². The van der Waals surface area contributed by atoms with E-state index in [9.17, 15) is 4.79 Å². The van der Waals surface area contributed by atoms with E-state index in [2.05, 4.69) is 0 Å². The Morgan fingerprint density at radius 1 is 1.21 bits per heavy atom. The van der Waals surface area contributed by atoms with Crippen LogP contribution in [0.25, 0.3) is 0 Å². The lowest BCUT2D eigenvalue weighted by molar-refractivity contribution is 0.0167. The number of benzene rings is 1. The second kappa shape index (κ2) is 8.72. The second-order valence-corrected chi connectivity index (χ2v) is 7.40. The molecule has 1 aromatic carbocycles. The molecule has 136 valence electrons. The number of halogens is 1. The number of carbonyl (C=O) groups is 1. The lowest BCUT2D eigenvalue weighted by atomic mass is 9.73. The maximum Gasteiger partial charge on any atom is 0.410 e. The van der Waals surface area contributed by atoms with Crippen LogP contribution in [0.1, 0.15) is 53.0 Å². The van der Waals surface area contributed by atoms with Crippen molar-refractivity contribution in [2.45, 2.75) is 58.5 Å². The second-order valence-electron chi connectivity index (χ2n) is 6.96. The topological polar surface area (TPSA) is 55.6 Å². The van der Waals surface area contributed by atoms with Crippen molar-refractivity contribution < 1.29 is 9.53 Å². The summed E-state index contributed by atoms with van der Waals surface area (Å²) in [5.41, 5.74) is 6.72. The molecule has 0 spiro atoms. The quantitative estimate of drug-likeness (QED) is 0.844. The number of carbonyl (C=O) groups excluding carboxylic acids is 1. The third kappa shape index (κ3) is 5.38. The Labute approximate surface area is 151 Å². The molecule has 0 radical (unpaired) electrons. The van der Waals surface area contributed by atoms with Crippen molar-refractivity contribution in [3.8, 4) is 0 Å². The number of piperidine rings is 1. The van der Waals surface area contributed by atoms with Crippen LogP contribution < -0.4 is 5.73 Å². The Kier molecular flexibility index (Phi) is 7.56.